The number of nitrogens with zero attached hydrogens (tertiary/aromatic N) is 1. The quantitative estimate of drug-likeness (QED) is 0.459. The van der Waals surface area contributed by atoms with Crippen LogP contribution in [0.3, 0.4) is 0 Å². The van der Waals surface area contributed by atoms with Crippen molar-refractivity contribution in [3.8, 4) is 22.8 Å². The number of aromatic nitrogens is 1. The molecule has 0 saturated carbocycles. The minimum absolute atomic E-state index is 0.0380. The van der Waals surface area contributed by atoms with Gasteiger partial charge in [-0.3, -0.25) is 4.79 Å². The number of hydrogen-bond donors (Lipinski definition) is 1. The summed E-state index contributed by atoms with van der Waals surface area (Å²) < 4.78 is 19.7. The number of amides is 1. The van der Waals surface area contributed by atoms with E-state index in [2.05, 4.69) is 10.3 Å². The second kappa shape index (κ2) is 9.01. The molecule has 1 N–H and O–H groups in total. The van der Waals surface area contributed by atoms with Gasteiger partial charge in [-0.1, -0.05) is 72.8 Å². The molecule has 3 aromatic carbocycles. The number of ether oxygens (including phenoxy) is 1. The first kappa shape index (κ1) is 19.3. The van der Waals surface area contributed by atoms with Crippen LogP contribution >= 0.6 is 0 Å². The molecule has 1 aromatic heterocycles. The van der Waals surface area contributed by atoms with E-state index < -0.39 is 11.7 Å². The number of nitrogens with one attached hydrogen (secondary N) is 1. The van der Waals surface area contributed by atoms with Gasteiger partial charge in [0.15, 0.2) is 0 Å². The Hall–Kier alpha value is -3.99. The van der Waals surface area contributed by atoms with Crippen molar-refractivity contribution in [1.82, 2.24) is 10.3 Å². The molecule has 0 unspecified atom stereocenters. The molecule has 0 atom stereocenters. The van der Waals surface area contributed by atoms with Gasteiger partial charge in [0.05, 0.1) is 6.20 Å². The maximum atomic E-state index is 13.8. The molecular formula is C25H19FN2O2. The third-order valence-corrected chi connectivity index (χ3v) is 4.51. The first-order chi connectivity index (χ1) is 14.7. The van der Waals surface area contributed by atoms with Gasteiger partial charge in [-0.15, -0.1) is 0 Å². The second-order valence-electron chi connectivity index (χ2n) is 6.67. The van der Waals surface area contributed by atoms with Gasteiger partial charge < -0.3 is 10.1 Å². The Labute approximate surface area is 174 Å². The van der Waals surface area contributed by atoms with E-state index in [-0.39, 0.29) is 11.4 Å². The monoisotopic (exact) mass is 398 g/mol. The van der Waals surface area contributed by atoms with Crippen LogP contribution < -0.4 is 10.1 Å². The minimum atomic E-state index is -0.606. The van der Waals surface area contributed by atoms with Crippen molar-refractivity contribution in [3.63, 3.8) is 0 Å². The molecule has 4 rings (SSSR count). The van der Waals surface area contributed by atoms with E-state index in [1.54, 1.807) is 6.07 Å². The van der Waals surface area contributed by atoms with Gasteiger partial charge in [-0.05, 0) is 34.9 Å². The van der Waals surface area contributed by atoms with Crippen LogP contribution in [0.5, 0.6) is 11.6 Å². The largest absolute Gasteiger partial charge is 0.438 e. The molecule has 148 valence electrons. The highest BCUT2D eigenvalue weighted by molar-refractivity contribution is 5.96. The highest BCUT2D eigenvalue weighted by Crippen LogP contribution is 2.28. The molecule has 0 radical (unpaired) electrons. The standard InChI is InChI=1S/C25H19FN2O2/c26-21-15-23(24(29)27-16-18-8-3-1-4-9-18)25(28-17-21)30-22-13-7-12-20(14-22)19-10-5-2-6-11-19/h1-15,17H,16H2,(H,27,29). The molecule has 0 spiro atoms. The molecule has 0 fully saturated rings. The molecule has 0 aliphatic carbocycles. The van der Waals surface area contributed by atoms with Gasteiger partial charge in [0.25, 0.3) is 5.91 Å². The molecule has 4 aromatic rings. The summed E-state index contributed by atoms with van der Waals surface area (Å²) in [6, 6.07) is 27.9. The summed E-state index contributed by atoms with van der Waals surface area (Å²) in [5.41, 5.74) is 2.98. The van der Waals surface area contributed by atoms with Crippen molar-refractivity contribution in [1.29, 1.82) is 0 Å². The van der Waals surface area contributed by atoms with Gasteiger partial charge in [-0.25, -0.2) is 9.37 Å². The molecule has 1 amide bonds. The highest BCUT2D eigenvalue weighted by Gasteiger charge is 2.16. The normalized spacial score (nSPS) is 10.4. The molecule has 0 bridgehead atoms. The zero-order valence-corrected chi connectivity index (χ0v) is 16.1. The van der Waals surface area contributed by atoms with Gasteiger partial charge in [0.1, 0.15) is 17.1 Å². The molecule has 0 aliphatic heterocycles. The summed E-state index contributed by atoms with van der Waals surface area (Å²) >= 11 is 0. The fraction of sp³-hybridized carbons (Fsp3) is 0.0400. The lowest BCUT2D eigenvalue weighted by Crippen LogP contribution is -2.23. The lowest BCUT2D eigenvalue weighted by atomic mass is 10.1. The molecule has 4 nitrogen and oxygen atoms in total. The number of benzene rings is 3. The molecule has 0 aliphatic rings. The van der Waals surface area contributed by atoms with Crippen molar-refractivity contribution in [3.05, 3.63) is 114 Å². The van der Waals surface area contributed by atoms with Crippen molar-refractivity contribution < 1.29 is 13.9 Å². The summed E-state index contributed by atoms with van der Waals surface area (Å²) in [6.07, 6.45) is 1.03. The van der Waals surface area contributed by atoms with Crippen LogP contribution in [-0.2, 0) is 6.54 Å². The number of pyridine rings is 1. The predicted octanol–water partition coefficient (Wildman–Crippen LogP) is 5.61. The van der Waals surface area contributed by atoms with E-state index in [9.17, 15) is 9.18 Å². The molecular weight excluding hydrogens is 379 g/mol. The first-order valence-electron chi connectivity index (χ1n) is 9.50. The highest BCUT2D eigenvalue weighted by atomic mass is 19.1. The summed E-state index contributed by atoms with van der Waals surface area (Å²) in [5.74, 6) is -0.509. The Morgan fingerprint density at radius 3 is 2.33 bits per heavy atom. The van der Waals surface area contributed by atoms with Gasteiger partial charge in [0.2, 0.25) is 5.88 Å². The van der Waals surface area contributed by atoms with Crippen LogP contribution in [0.2, 0.25) is 0 Å². The van der Waals surface area contributed by atoms with Crippen molar-refractivity contribution in [2.24, 2.45) is 0 Å². The zero-order chi connectivity index (χ0) is 20.8. The number of hydrogen-bond acceptors (Lipinski definition) is 3. The van der Waals surface area contributed by atoms with E-state index in [1.165, 1.54) is 0 Å². The molecule has 30 heavy (non-hydrogen) atoms. The Morgan fingerprint density at radius 2 is 1.57 bits per heavy atom. The summed E-state index contributed by atoms with van der Waals surface area (Å²) in [6.45, 7) is 0.319. The Morgan fingerprint density at radius 1 is 0.867 bits per heavy atom. The van der Waals surface area contributed by atoms with Gasteiger partial charge in [-0.2, -0.15) is 0 Å². The Kier molecular flexibility index (Phi) is 5.80. The van der Waals surface area contributed by atoms with Crippen LogP contribution in [-0.4, -0.2) is 10.9 Å². The minimum Gasteiger partial charge on any atom is -0.438 e. The van der Waals surface area contributed by atoms with Gasteiger partial charge >= 0.3 is 0 Å². The number of carbonyl (C=O) groups excluding carboxylic acids is 1. The number of carbonyl (C=O) groups is 1. The van der Waals surface area contributed by atoms with Crippen LogP contribution in [0.15, 0.2) is 97.2 Å². The van der Waals surface area contributed by atoms with E-state index in [1.807, 2.05) is 78.9 Å². The third kappa shape index (κ3) is 4.70. The average molecular weight is 398 g/mol. The first-order valence-corrected chi connectivity index (χ1v) is 9.50. The SMILES string of the molecule is O=C(NCc1ccccc1)c1cc(F)cnc1Oc1cccc(-c2ccccc2)c1. The van der Waals surface area contributed by atoms with E-state index >= 15 is 0 Å². The third-order valence-electron chi connectivity index (χ3n) is 4.51. The summed E-state index contributed by atoms with van der Waals surface area (Å²) in [5, 5.41) is 2.78. The van der Waals surface area contributed by atoms with Gasteiger partial charge in [0, 0.05) is 6.54 Å². The number of halogens is 1. The summed E-state index contributed by atoms with van der Waals surface area (Å²) in [4.78, 5) is 16.7. The van der Waals surface area contributed by atoms with Crippen LogP contribution in [0.1, 0.15) is 15.9 Å². The van der Waals surface area contributed by atoms with Crippen LogP contribution in [0, 0.1) is 5.82 Å². The molecule has 5 heteroatoms. The van der Waals surface area contributed by atoms with E-state index in [4.69, 9.17) is 4.74 Å². The predicted molar refractivity (Wildman–Crippen MR) is 114 cm³/mol. The van der Waals surface area contributed by atoms with Crippen LogP contribution in [0.25, 0.3) is 11.1 Å². The van der Waals surface area contributed by atoms with Crippen molar-refractivity contribution >= 4 is 5.91 Å². The van der Waals surface area contributed by atoms with E-state index in [0.29, 0.717) is 12.3 Å². The van der Waals surface area contributed by atoms with Crippen LogP contribution in [0.4, 0.5) is 4.39 Å². The maximum Gasteiger partial charge on any atom is 0.257 e. The van der Waals surface area contributed by atoms with E-state index in [0.717, 1.165) is 29.0 Å². The Bertz CT molecular complexity index is 1150. The lowest BCUT2D eigenvalue weighted by Gasteiger charge is -2.12. The Balaban J connectivity index is 1.56. The number of rotatable bonds is 6. The summed E-state index contributed by atoms with van der Waals surface area (Å²) in [7, 11) is 0. The zero-order valence-electron chi connectivity index (χ0n) is 16.1. The molecule has 1 heterocycles. The lowest BCUT2D eigenvalue weighted by molar-refractivity contribution is 0.0947. The fourth-order valence-electron chi connectivity index (χ4n) is 3.03. The smallest absolute Gasteiger partial charge is 0.257 e. The average Bonchev–Trinajstić information content (AvgIpc) is 2.80. The van der Waals surface area contributed by atoms with Crippen molar-refractivity contribution in [2.75, 3.05) is 0 Å². The fourth-order valence-corrected chi connectivity index (χ4v) is 3.03. The molecule has 0 saturated heterocycles. The second-order valence-corrected chi connectivity index (χ2v) is 6.67. The van der Waals surface area contributed by atoms with Crippen molar-refractivity contribution in [2.45, 2.75) is 6.54 Å². The maximum absolute atomic E-state index is 13.8. The topological polar surface area (TPSA) is 51.2 Å².